The lowest BCUT2D eigenvalue weighted by atomic mass is 10.5. The van der Waals surface area contributed by atoms with Crippen LogP contribution in [0.15, 0.2) is 0 Å². The third-order valence-electron chi connectivity index (χ3n) is 0.876. The summed E-state index contributed by atoms with van der Waals surface area (Å²) in [7, 11) is 0. The van der Waals surface area contributed by atoms with Crippen LogP contribution in [0.4, 0.5) is 0 Å². The van der Waals surface area contributed by atoms with Crippen molar-refractivity contribution >= 4 is 11.6 Å². The molecule has 1 aliphatic carbocycles. The summed E-state index contributed by atoms with van der Waals surface area (Å²) in [6.45, 7) is 2.08. The van der Waals surface area contributed by atoms with E-state index in [1.165, 1.54) is 5.92 Å². The van der Waals surface area contributed by atoms with Gasteiger partial charge in [-0.25, -0.2) is 0 Å². The van der Waals surface area contributed by atoms with E-state index in [0.717, 1.165) is 6.42 Å². The fourth-order valence-electron chi connectivity index (χ4n) is 0.224. The lowest BCUT2D eigenvalue weighted by Crippen LogP contribution is -1.58. The molecular weight excluding hydrogens is 83.5 g/mol. The molecule has 1 heteroatoms. The molecule has 5 heavy (non-hydrogen) atoms. The summed E-state index contributed by atoms with van der Waals surface area (Å²) in [6, 6.07) is 0. The molecule has 0 aromatic rings. The molecule has 0 amide bonds. The Kier molecular flexibility index (Phi) is 0.608. The Morgan fingerprint density at radius 3 is 2.20 bits per heavy atom. The van der Waals surface area contributed by atoms with Gasteiger partial charge in [-0.3, -0.25) is 0 Å². The SMILES string of the molecule is C[C]1CC1Cl. The molecule has 1 fully saturated rings. The van der Waals surface area contributed by atoms with Gasteiger partial charge in [0.25, 0.3) is 0 Å². The van der Waals surface area contributed by atoms with Crippen molar-refractivity contribution in [2.75, 3.05) is 0 Å². The Balaban J connectivity index is 2.20. The summed E-state index contributed by atoms with van der Waals surface area (Å²) >= 11 is 5.50. The van der Waals surface area contributed by atoms with Crippen molar-refractivity contribution in [3.63, 3.8) is 0 Å². The second kappa shape index (κ2) is 0.874. The number of halogens is 1. The Labute approximate surface area is 37.1 Å². The van der Waals surface area contributed by atoms with Gasteiger partial charge in [-0.2, -0.15) is 0 Å². The van der Waals surface area contributed by atoms with Crippen LogP contribution in [-0.4, -0.2) is 5.38 Å². The largest absolute Gasteiger partial charge is 0.122 e. The van der Waals surface area contributed by atoms with E-state index in [1.54, 1.807) is 0 Å². The van der Waals surface area contributed by atoms with E-state index in [9.17, 15) is 0 Å². The average Bonchev–Trinajstić information content (AvgIpc) is 1.79. The van der Waals surface area contributed by atoms with Crippen molar-refractivity contribution < 1.29 is 0 Å². The number of hydrogen-bond acceptors (Lipinski definition) is 0. The molecule has 1 unspecified atom stereocenters. The first-order valence-electron chi connectivity index (χ1n) is 1.77. The summed E-state index contributed by atoms with van der Waals surface area (Å²) in [5.41, 5.74) is 0. The van der Waals surface area contributed by atoms with Gasteiger partial charge < -0.3 is 0 Å². The van der Waals surface area contributed by atoms with Crippen LogP contribution in [0.2, 0.25) is 0 Å². The highest BCUT2D eigenvalue weighted by Gasteiger charge is 2.30. The third-order valence-corrected chi connectivity index (χ3v) is 1.40. The van der Waals surface area contributed by atoms with Gasteiger partial charge in [0.15, 0.2) is 0 Å². The van der Waals surface area contributed by atoms with Gasteiger partial charge in [0.05, 0.1) is 0 Å². The van der Waals surface area contributed by atoms with Crippen molar-refractivity contribution in [3.8, 4) is 0 Å². The fraction of sp³-hybridized carbons (Fsp3) is 0.750. The highest BCUT2D eigenvalue weighted by atomic mass is 35.5. The first kappa shape index (κ1) is 3.48. The quantitative estimate of drug-likeness (QED) is 0.396. The second-order valence-corrected chi connectivity index (χ2v) is 2.04. The molecule has 0 aromatic carbocycles. The van der Waals surface area contributed by atoms with Crippen molar-refractivity contribution in [3.05, 3.63) is 5.92 Å². The Bertz CT molecular complexity index is 36.9. The smallest absolute Gasteiger partial charge is 0.0401 e. The molecule has 1 rings (SSSR count). The zero-order valence-electron chi connectivity index (χ0n) is 3.16. The van der Waals surface area contributed by atoms with Crippen LogP contribution in [0.3, 0.4) is 0 Å². The Hall–Kier alpha value is 0.290. The minimum Gasteiger partial charge on any atom is -0.122 e. The minimum absolute atomic E-state index is 0.440. The van der Waals surface area contributed by atoms with E-state index in [2.05, 4.69) is 6.92 Å². The molecule has 1 saturated carbocycles. The summed E-state index contributed by atoms with van der Waals surface area (Å²) in [5.74, 6) is 1.44. The number of hydrogen-bond donors (Lipinski definition) is 0. The molecule has 0 aliphatic heterocycles. The zero-order chi connectivity index (χ0) is 3.86. The lowest BCUT2D eigenvalue weighted by molar-refractivity contribution is 1.39. The van der Waals surface area contributed by atoms with Crippen LogP contribution in [0, 0.1) is 5.92 Å². The molecule has 1 atom stereocenters. The summed E-state index contributed by atoms with van der Waals surface area (Å²) in [6.07, 6.45) is 1.15. The van der Waals surface area contributed by atoms with Crippen LogP contribution in [0.1, 0.15) is 13.3 Å². The average molecular weight is 89.5 g/mol. The molecule has 0 heterocycles. The van der Waals surface area contributed by atoms with Crippen molar-refractivity contribution in [1.29, 1.82) is 0 Å². The van der Waals surface area contributed by atoms with Crippen molar-refractivity contribution in [2.45, 2.75) is 18.7 Å². The van der Waals surface area contributed by atoms with Gasteiger partial charge in [-0.1, -0.05) is 6.92 Å². The topological polar surface area (TPSA) is 0 Å². The van der Waals surface area contributed by atoms with E-state index in [0.29, 0.717) is 5.38 Å². The normalized spacial score (nSPS) is 38.4. The highest BCUT2D eigenvalue weighted by Crippen LogP contribution is 2.37. The van der Waals surface area contributed by atoms with E-state index < -0.39 is 0 Å². The zero-order valence-corrected chi connectivity index (χ0v) is 3.92. The van der Waals surface area contributed by atoms with E-state index in [1.807, 2.05) is 0 Å². The van der Waals surface area contributed by atoms with E-state index in [4.69, 9.17) is 11.6 Å². The monoisotopic (exact) mass is 89.0 g/mol. The second-order valence-electron chi connectivity index (χ2n) is 1.52. The van der Waals surface area contributed by atoms with Crippen LogP contribution in [0.5, 0.6) is 0 Å². The van der Waals surface area contributed by atoms with Crippen LogP contribution >= 0.6 is 11.6 Å². The number of rotatable bonds is 0. The molecule has 0 spiro atoms. The molecule has 0 saturated heterocycles. The first-order valence-corrected chi connectivity index (χ1v) is 2.21. The molecule has 0 nitrogen and oxygen atoms in total. The molecule has 0 bridgehead atoms. The van der Waals surface area contributed by atoms with E-state index >= 15 is 0 Å². The lowest BCUT2D eigenvalue weighted by Gasteiger charge is -1.63. The van der Waals surface area contributed by atoms with Crippen LogP contribution < -0.4 is 0 Å². The standard InChI is InChI=1S/C4H6Cl/c1-3-2-4(3)5/h4H,2H2,1H3. The Morgan fingerprint density at radius 2 is 2.20 bits per heavy atom. The Morgan fingerprint density at radius 1 is 2.00 bits per heavy atom. The van der Waals surface area contributed by atoms with Gasteiger partial charge >= 0.3 is 0 Å². The fourth-order valence-corrected chi connectivity index (χ4v) is 0.467. The van der Waals surface area contributed by atoms with Crippen LogP contribution in [0.25, 0.3) is 0 Å². The van der Waals surface area contributed by atoms with Crippen LogP contribution in [-0.2, 0) is 0 Å². The molecular formula is C4H6Cl. The summed E-state index contributed by atoms with van der Waals surface area (Å²) < 4.78 is 0. The maximum Gasteiger partial charge on any atom is 0.0401 e. The van der Waals surface area contributed by atoms with Gasteiger partial charge in [-0.15, -0.1) is 11.6 Å². The number of alkyl halides is 1. The predicted octanol–water partition coefficient (Wildman–Crippen LogP) is 1.59. The molecule has 1 radical (unpaired) electrons. The molecule has 1 aliphatic rings. The summed E-state index contributed by atoms with van der Waals surface area (Å²) in [5, 5.41) is 0.440. The van der Waals surface area contributed by atoms with Crippen molar-refractivity contribution in [1.82, 2.24) is 0 Å². The maximum atomic E-state index is 5.50. The summed E-state index contributed by atoms with van der Waals surface area (Å²) in [4.78, 5) is 0. The molecule has 29 valence electrons. The highest BCUT2D eigenvalue weighted by molar-refractivity contribution is 6.24. The van der Waals surface area contributed by atoms with Gasteiger partial charge in [0.1, 0.15) is 0 Å². The molecule has 0 aromatic heterocycles. The maximum absolute atomic E-state index is 5.50. The molecule has 0 N–H and O–H groups in total. The van der Waals surface area contributed by atoms with Gasteiger partial charge in [-0.05, 0) is 12.3 Å². The third kappa shape index (κ3) is 0.569. The van der Waals surface area contributed by atoms with E-state index in [-0.39, 0.29) is 0 Å². The predicted molar refractivity (Wildman–Crippen MR) is 23.2 cm³/mol. The van der Waals surface area contributed by atoms with Gasteiger partial charge in [0.2, 0.25) is 0 Å². The minimum atomic E-state index is 0.440. The van der Waals surface area contributed by atoms with Gasteiger partial charge in [0, 0.05) is 5.38 Å². The van der Waals surface area contributed by atoms with Crippen molar-refractivity contribution in [2.24, 2.45) is 0 Å². The first-order chi connectivity index (χ1) is 2.30.